The maximum atomic E-state index is 12.6. The van der Waals surface area contributed by atoms with Crippen molar-refractivity contribution in [2.45, 2.75) is 51.0 Å². The van der Waals surface area contributed by atoms with Crippen LogP contribution in [0.1, 0.15) is 56.6 Å². The van der Waals surface area contributed by atoms with Gasteiger partial charge in [-0.05, 0) is 36.7 Å². The third kappa shape index (κ3) is 6.23. The minimum atomic E-state index is -0.439. The van der Waals surface area contributed by atoms with Crippen molar-refractivity contribution in [3.05, 3.63) is 35.9 Å². The zero-order valence-electron chi connectivity index (χ0n) is 16.8. The Morgan fingerprint density at radius 3 is 2.41 bits per heavy atom. The summed E-state index contributed by atoms with van der Waals surface area (Å²) >= 11 is 1.19. The first-order valence-corrected chi connectivity index (χ1v) is 11.6. The molecule has 1 spiro atoms. The quantitative estimate of drug-likeness (QED) is 0.575. The number of primary amides is 1. The molecule has 1 aromatic rings. The molecule has 3 rings (SSSR count). The molecule has 2 aliphatic carbocycles. The van der Waals surface area contributed by atoms with E-state index >= 15 is 0 Å². The summed E-state index contributed by atoms with van der Waals surface area (Å²) in [5.41, 5.74) is 6.48. The van der Waals surface area contributed by atoms with Crippen molar-refractivity contribution in [1.82, 2.24) is 10.6 Å². The molecule has 2 aliphatic rings. The van der Waals surface area contributed by atoms with Crippen molar-refractivity contribution in [2.75, 3.05) is 18.1 Å². The van der Waals surface area contributed by atoms with Gasteiger partial charge >= 0.3 is 0 Å². The molecular formula is C22H31N3O3S. The number of hydrogen-bond acceptors (Lipinski definition) is 4. The van der Waals surface area contributed by atoms with Crippen LogP contribution in [0.5, 0.6) is 0 Å². The first-order chi connectivity index (χ1) is 14.0. The van der Waals surface area contributed by atoms with Crippen LogP contribution in [-0.4, -0.2) is 35.8 Å². The second kappa shape index (κ2) is 10.1. The van der Waals surface area contributed by atoms with Crippen molar-refractivity contribution >= 4 is 29.5 Å². The van der Waals surface area contributed by atoms with Gasteiger partial charge in [0.2, 0.25) is 17.7 Å². The van der Waals surface area contributed by atoms with Crippen LogP contribution in [-0.2, 0) is 14.4 Å². The molecule has 0 saturated heterocycles. The van der Waals surface area contributed by atoms with Gasteiger partial charge in [0, 0.05) is 12.5 Å². The summed E-state index contributed by atoms with van der Waals surface area (Å²) in [6, 6.07) is 9.32. The third-order valence-electron chi connectivity index (χ3n) is 6.14. The maximum Gasteiger partial charge on any atom is 0.230 e. The summed E-state index contributed by atoms with van der Waals surface area (Å²) in [5, 5.41) is 6.02. The van der Waals surface area contributed by atoms with Gasteiger partial charge in [0.25, 0.3) is 0 Å². The van der Waals surface area contributed by atoms with E-state index in [1.807, 2.05) is 30.3 Å². The Balaban J connectivity index is 1.50. The number of thioether (sulfide) groups is 1. The molecule has 4 N–H and O–H groups in total. The highest BCUT2D eigenvalue weighted by atomic mass is 32.2. The highest BCUT2D eigenvalue weighted by molar-refractivity contribution is 8.00. The number of nitrogens with one attached hydrogen (secondary N) is 2. The Bertz CT molecular complexity index is 711. The molecule has 6 nitrogen and oxygen atoms in total. The van der Waals surface area contributed by atoms with Crippen LogP contribution in [0.15, 0.2) is 30.3 Å². The number of amides is 3. The predicted molar refractivity (Wildman–Crippen MR) is 115 cm³/mol. The van der Waals surface area contributed by atoms with E-state index in [4.69, 9.17) is 5.73 Å². The molecule has 2 fully saturated rings. The average Bonchev–Trinajstić information content (AvgIpc) is 2.70. The van der Waals surface area contributed by atoms with Gasteiger partial charge in [-0.3, -0.25) is 14.4 Å². The first-order valence-electron chi connectivity index (χ1n) is 10.5. The van der Waals surface area contributed by atoms with Crippen molar-refractivity contribution < 1.29 is 14.4 Å². The summed E-state index contributed by atoms with van der Waals surface area (Å²) in [4.78, 5) is 35.7. The number of carbonyl (C=O) groups excluding carboxylic acids is 3. The normalized spacial score (nSPS) is 19.2. The number of carbonyl (C=O) groups is 3. The minimum absolute atomic E-state index is 0.0967. The molecule has 3 amide bonds. The molecular weight excluding hydrogens is 386 g/mol. The van der Waals surface area contributed by atoms with Gasteiger partial charge in [0.1, 0.15) is 0 Å². The fourth-order valence-corrected chi connectivity index (χ4v) is 5.22. The van der Waals surface area contributed by atoms with Gasteiger partial charge in [0.05, 0.1) is 17.5 Å². The van der Waals surface area contributed by atoms with Gasteiger partial charge in [-0.1, -0.05) is 49.6 Å². The molecule has 0 bridgehead atoms. The fourth-order valence-electron chi connectivity index (χ4n) is 4.65. The van der Waals surface area contributed by atoms with Crippen LogP contribution < -0.4 is 16.4 Å². The predicted octanol–water partition coefficient (Wildman–Crippen LogP) is 2.54. The highest BCUT2D eigenvalue weighted by Crippen LogP contribution is 2.54. The van der Waals surface area contributed by atoms with Gasteiger partial charge in [-0.2, -0.15) is 0 Å². The average molecular weight is 418 g/mol. The lowest BCUT2D eigenvalue weighted by atomic mass is 9.55. The highest BCUT2D eigenvalue weighted by Gasteiger charge is 2.47. The SMILES string of the molecule is NC(=O)CSCC(=O)NC(CNC(=O)C1CC2(CCCCC2)C1)c1ccccc1. The van der Waals surface area contributed by atoms with Gasteiger partial charge in [-0.25, -0.2) is 0 Å². The summed E-state index contributed by atoms with van der Waals surface area (Å²) in [6.07, 6.45) is 8.46. The topological polar surface area (TPSA) is 101 Å². The molecule has 29 heavy (non-hydrogen) atoms. The third-order valence-corrected chi connectivity index (χ3v) is 7.09. The molecule has 0 heterocycles. The maximum absolute atomic E-state index is 12.6. The minimum Gasteiger partial charge on any atom is -0.369 e. The molecule has 0 aromatic heterocycles. The van der Waals surface area contributed by atoms with Crippen molar-refractivity contribution in [3.63, 3.8) is 0 Å². The van der Waals surface area contributed by atoms with E-state index in [-0.39, 0.29) is 35.3 Å². The van der Waals surface area contributed by atoms with Crippen molar-refractivity contribution in [3.8, 4) is 0 Å². The molecule has 0 aliphatic heterocycles. The van der Waals surface area contributed by atoms with Gasteiger partial charge in [0.15, 0.2) is 0 Å². The molecule has 1 atom stereocenters. The Hall–Kier alpha value is -2.02. The fraction of sp³-hybridized carbons (Fsp3) is 0.591. The lowest BCUT2D eigenvalue weighted by Gasteiger charge is -2.49. The Morgan fingerprint density at radius 1 is 1.07 bits per heavy atom. The Labute approximate surface area is 176 Å². The monoisotopic (exact) mass is 417 g/mol. The molecule has 1 aromatic carbocycles. The summed E-state index contributed by atoms with van der Waals surface area (Å²) < 4.78 is 0. The van der Waals surface area contributed by atoms with Crippen LogP contribution in [0.4, 0.5) is 0 Å². The largest absolute Gasteiger partial charge is 0.369 e. The van der Waals surface area contributed by atoms with E-state index in [0.29, 0.717) is 12.0 Å². The lowest BCUT2D eigenvalue weighted by molar-refractivity contribution is -0.134. The van der Waals surface area contributed by atoms with Crippen molar-refractivity contribution in [2.24, 2.45) is 17.1 Å². The van der Waals surface area contributed by atoms with Crippen LogP contribution in [0, 0.1) is 11.3 Å². The second-order valence-corrected chi connectivity index (χ2v) is 9.39. The smallest absolute Gasteiger partial charge is 0.230 e. The zero-order chi connectivity index (χ0) is 20.7. The van der Waals surface area contributed by atoms with Crippen LogP contribution >= 0.6 is 11.8 Å². The van der Waals surface area contributed by atoms with E-state index in [1.165, 1.54) is 43.9 Å². The summed E-state index contributed by atoms with van der Waals surface area (Å²) in [7, 11) is 0. The number of nitrogens with two attached hydrogens (primary N) is 1. The first kappa shape index (κ1) is 21.7. The number of benzene rings is 1. The summed E-state index contributed by atoms with van der Waals surface area (Å²) in [6.45, 7) is 0.360. The standard InChI is InChI=1S/C22H31N3O3S/c23-19(26)14-29-15-20(27)25-18(16-7-3-1-4-8-16)13-24-21(28)17-11-22(12-17)9-5-2-6-10-22/h1,3-4,7-8,17-18H,2,5-6,9-15H2,(H2,23,26)(H,24,28)(H,25,27). The number of hydrogen-bond donors (Lipinski definition) is 3. The van der Waals surface area contributed by atoms with E-state index in [1.54, 1.807) is 0 Å². The van der Waals surface area contributed by atoms with E-state index < -0.39 is 5.91 Å². The Kier molecular flexibility index (Phi) is 7.58. The molecule has 7 heteroatoms. The Morgan fingerprint density at radius 2 is 1.76 bits per heavy atom. The zero-order valence-corrected chi connectivity index (χ0v) is 17.6. The summed E-state index contributed by atoms with van der Waals surface area (Å²) in [5.74, 6) is -0.143. The lowest BCUT2D eigenvalue weighted by Crippen LogP contribution is -2.48. The van der Waals surface area contributed by atoms with Gasteiger partial charge < -0.3 is 16.4 Å². The van der Waals surface area contributed by atoms with Crippen molar-refractivity contribution in [1.29, 1.82) is 0 Å². The molecule has 158 valence electrons. The van der Waals surface area contributed by atoms with Crippen LogP contribution in [0.2, 0.25) is 0 Å². The van der Waals surface area contributed by atoms with E-state index in [0.717, 1.165) is 18.4 Å². The van der Waals surface area contributed by atoms with E-state index in [9.17, 15) is 14.4 Å². The molecule has 1 unspecified atom stereocenters. The van der Waals surface area contributed by atoms with E-state index in [2.05, 4.69) is 10.6 Å². The van der Waals surface area contributed by atoms with Crippen LogP contribution in [0.25, 0.3) is 0 Å². The molecule has 0 radical (unpaired) electrons. The second-order valence-electron chi connectivity index (χ2n) is 8.40. The van der Waals surface area contributed by atoms with Crippen LogP contribution in [0.3, 0.4) is 0 Å². The molecule has 2 saturated carbocycles. The van der Waals surface area contributed by atoms with Gasteiger partial charge in [-0.15, -0.1) is 11.8 Å². The number of rotatable bonds is 9.